The molecule has 1 aromatic heterocycles. The molecule has 5 heteroatoms. The number of benzene rings is 1. The molecule has 0 unspecified atom stereocenters. The van der Waals surface area contributed by atoms with E-state index in [4.69, 9.17) is 0 Å². The van der Waals surface area contributed by atoms with Gasteiger partial charge >= 0.3 is 0 Å². The van der Waals surface area contributed by atoms with Crippen LogP contribution in [0.4, 0.5) is 10.3 Å². The number of hydrogen-bond acceptors (Lipinski definition) is 3. The molecule has 0 spiro atoms. The van der Waals surface area contributed by atoms with Crippen LogP contribution in [0.5, 0.6) is 0 Å². The molecule has 2 aromatic rings. The molecule has 0 atom stereocenters. The van der Waals surface area contributed by atoms with Crippen molar-refractivity contribution in [3.8, 4) is 0 Å². The Balaban J connectivity index is 2.14. The third-order valence-electron chi connectivity index (χ3n) is 2.31. The van der Waals surface area contributed by atoms with Crippen molar-refractivity contribution in [2.45, 2.75) is 6.54 Å². The molecule has 0 fully saturated rings. The number of anilines is 1. The number of rotatable bonds is 3. The van der Waals surface area contributed by atoms with Crippen LogP contribution in [-0.4, -0.2) is 17.0 Å². The zero-order valence-electron chi connectivity index (χ0n) is 9.27. The molecule has 0 aliphatic heterocycles. The quantitative estimate of drug-likeness (QED) is 0.872. The molecule has 2 rings (SSSR count). The largest absolute Gasteiger partial charge is 0.339 e. The standard InChI is InChI=1S/C12H11BrFN3/c1-17(12-15-6-10(13)7-16-12)8-9-4-2-3-5-11(9)14/h2-7H,8H2,1H3. The van der Waals surface area contributed by atoms with Gasteiger partial charge in [-0.2, -0.15) is 0 Å². The molecular formula is C12H11BrFN3. The Bertz CT molecular complexity index is 501. The van der Waals surface area contributed by atoms with Crippen molar-refractivity contribution in [2.75, 3.05) is 11.9 Å². The van der Waals surface area contributed by atoms with E-state index in [2.05, 4.69) is 25.9 Å². The van der Waals surface area contributed by atoms with Crippen LogP contribution in [0.2, 0.25) is 0 Å². The van der Waals surface area contributed by atoms with E-state index in [0.717, 1.165) is 4.47 Å². The average molecular weight is 296 g/mol. The molecular weight excluding hydrogens is 285 g/mol. The van der Waals surface area contributed by atoms with Crippen LogP contribution in [0.15, 0.2) is 41.1 Å². The summed E-state index contributed by atoms with van der Waals surface area (Å²) in [4.78, 5) is 10.1. The minimum Gasteiger partial charge on any atom is -0.339 e. The van der Waals surface area contributed by atoms with Crippen LogP contribution < -0.4 is 4.90 Å². The lowest BCUT2D eigenvalue weighted by atomic mass is 10.2. The van der Waals surface area contributed by atoms with Crippen LogP contribution in [0.1, 0.15) is 5.56 Å². The Labute approximate surface area is 107 Å². The predicted octanol–water partition coefficient (Wildman–Crippen LogP) is 3.01. The number of halogens is 2. The van der Waals surface area contributed by atoms with Gasteiger partial charge in [0.1, 0.15) is 5.82 Å². The number of hydrogen-bond donors (Lipinski definition) is 0. The smallest absolute Gasteiger partial charge is 0.225 e. The van der Waals surface area contributed by atoms with E-state index in [1.165, 1.54) is 6.07 Å². The molecule has 0 saturated heterocycles. The first-order valence-electron chi connectivity index (χ1n) is 5.09. The molecule has 3 nitrogen and oxygen atoms in total. The van der Waals surface area contributed by atoms with Gasteiger partial charge in [0.05, 0.1) is 4.47 Å². The van der Waals surface area contributed by atoms with Crippen molar-refractivity contribution >= 4 is 21.9 Å². The van der Waals surface area contributed by atoms with Gasteiger partial charge in [0.15, 0.2) is 0 Å². The molecule has 0 radical (unpaired) electrons. The van der Waals surface area contributed by atoms with Crippen LogP contribution in [0, 0.1) is 5.82 Å². The Morgan fingerprint density at radius 3 is 2.53 bits per heavy atom. The minimum absolute atomic E-state index is 0.212. The highest BCUT2D eigenvalue weighted by molar-refractivity contribution is 9.10. The fourth-order valence-electron chi connectivity index (χ4n) is 1.46. The summed E-state index contributed by atoms with van der Waals surface area (Å²) in [5.41, 5.74) is 0.626. The third kappa shape index (κ3) is 3.00. The molecule has 88 valence electrons. The van der Waals surface area contributed by atoms with Gasteiger partial charge in [-0.05, 0) is 22.0 Å². The lowest BCUT2D eigenvalue weighted by Crippen LogP contribution is -2.19. The van der Waals surface area contributed by atoms with E-state index >= 15 is 0 Å². The summed E-state index contributed by atoms with van der Waals surface area (Å²) in [6.45, 7) is 0.439. The Hall–Kier alpha value is -1.49. The van der Waals surface area contributed by atoms with Crippen LogP contribution in [0.3, 0.4) is 0 Å². The summed E-state index contributed by atoms with van der Waals surface area (Å²) in [7, 11) is 1.83. The molecule has 0 aliphatic rings. The minimum atomic E-state index is -0.212. The van der Waals surface area contributed by atoms with E-state index < -0.39 is 0 Å². The fraction of sp³-hybridized carbons (Fsp3) is 0.167. The first kappa shape index (κ1) is 12.0. The van der Waals surface area contributed by atoms with Gasteiger partial charge in [-0.25, -0.2) is 14.4 Å². The Kier molecular flexibility index (Phi) is 3.68. The molecule has 0 N–H and O–H groups in total. The second-order valence-electron chi connectivity index (χ2n) is 3.65. The van der Waals surface area contributed by atoms with Gasteiger partial charge < -0.3 is 4.90 Å². The summed E-state index contributed by atoms with van der Waals surface area (Å²) in [5.74, 6) is 0.355. The zero-order valence-corrected chi connectivity index (χ0v) is 10.9. The highest BCUT2D eigenvalue weighted by Gasteiger charge is 2.07. The molecule has 1 heterocycles. The van der Waals surface area contributed by atoms with Gasteiger partial charge in [0.2, 0.25) is 5.95 Å². The Morgan fingerprint density at radius 2 is 1.88 bits per heavy atom. The van der Waals surface area contributed by atoms with Crippen molar-refractivity contribution in [1.29, 1.82) is 0 Å². The van der Waals surface area contributed by atoms with Crippen LogP contribution >= 0.6 is 15.9 Å². The summed E-state index contributed by atoms with van der Waals surface area (Å²) < 4.78 is 14.3. The van der Waals surface area contributed by atoms with Crippen LogP contribution in [0.25, 0.3) is 0 Å². The van der Waals surface area contributed by atoms with Crippen molar-refractivity contribution in [1.82, 2.24) is 9.97 Å². The van der Waals surface area contributed by atoms with Gasteiger partial charge in [-0.3, -0.25) is 0 Å². The van der Waals surface area contributed by atoms with E-state index in [9.17, 15) is 4.39 Å². The summed E-state index contributed by atoms with van der Waals surface area (Å²) in [6, 6.07) is 6.69. The molecule has 0 amide bonds. The van der Waals surface area contributed by atoms with E-state index in [1.807, 2.05) is 13.1 Å². The first-order valence-corrected chi connectivity index (χ1v) is 5.88. The lowest BCUT2D eigenvalue weighted by molar-refractivity contribution is 0.607. The van der Waals surface area contributed by atoms with E-state index in [1.54, 1.807) is 29.4 Å². The van der Waals surface area contributed by atoms with Gasteiger partial charge in [-0.15, -0.1) is 0 Å². The Morgan fingerprint density at radius 1 is 1.24 bits per heavy atom. The average Bonchev–Trinajstić information content (AvgIpc) is 2.33. The molecule has 0 bridgehead atoms. The highest BCUT2D eigenvalue weighted by Crippen LogP contribution is 2.14. The summed E-state index contributed by atoms with van der Waals surface area (Å²) in [6.07, 6.45) is 3.33. The SMILES string of the molecule is CN(Cc1ccccc1F)c1ncc(Br)cn1. The third-order valence-corrected chi connectivity index (χ3v) is 2.72. The predicted molar refractivity (Wildman–Crippen MR) is 68.2 cm³/mol. The fourth-order valence-corrected chi connectivity index (χ4v) is 1.66. The van der Waals surface area contributed by atoms with Gasteiger partial charge in [0.25, 0.3) is 0 Å². The zero-order chi connectivity index (χ0) is 12.3. The van der Waals surface area contributed by atoms with E-state index in [0.29, 0.717) is 18.1 Å². The first-order chi connectivity index (χ1) is 8.16. The maximum atomic E-state index is 13.5. The van der Waals surface area contributed by atoms with Crippen molar-refractivity contribution in [3.63, 3.8) is 0 Å². The second kappa shape index (κ2) is 5.23. The van der Waals surface area contributed by atoms with Crippen molar-refractivity contribution < 1.29 is 4.39 Å². The monoisotopic (exact) mass is 295 g/mol. The molecule has 0 aliphatic carbocycles. The summed E-state index contributed by atoms with van der Waals surface area (Å²) >= 11 is 3.27. The second-order valence-corrected chi connectivity index (χ2v) is 4.56. The maximum absolute atomic E-state index is 13.5. The van der Waals surface area contributed by atoms with Gasteiger partial charge in [-0.1, -0.05) is 18.2 Å². The normalized spacial score (nSPS) is 10.3. The van der Waals surface area contributed by atoms with Crippen molar-refractivity contribution in [3.05, 3.63) is 52.5 Å². The van der Waals surface area contributed by atoms with E-state index in [-0.39, 0.29) is 5.82 Å². The number of aromatic nitrogens is 2. The summed E-state index contributed by atoms with van der Waals surface area (Å²) in [5, 5.41) is 0. The molecule has 17 heavy (non-hydrogen) atoms. The van der Waals surface area contributed by atoms with Crippen LogP contribution in [-0.2, 0) is 6.54 Å². The number of nitrogens with zero attached hydrogens (tertiary/aromatic N) is 3. The molecule has 0 saturated carbocycles. The lowest BCUT2D eigenvalue weighted by Gasteiger charge is -2.17. The highest BCUT2D eigenvalue weighted by atomic mass is 79.9. The van der Waals surface area contributed by atoms with Gasteiger partial charge in [0, 0.05) is 31.5 Å². The van der Waals surface area contributed by atoms with Crippen molar-refractivity contribution in [2.24, 2.45) is 0 Å². The maximum Gasteiger partial charge on any atom is 0.225 e. The topological polar surface area (TPSA) is 29.0 Å². The molecule has 1 aromatic carbocycles.